The zero-order chi connectivity index (χ0) is 21.0. The van der Waals surface area contributed by atoms with Gasteiger partial charge < -0.3 is 20.7 Å². The van der Waals surface area contributed by atoms with Gasteiger partial charge in [-0.3, -0.25) is 14.4 Å². The lowest BCUT2D eigenvalue weighted by Crippen LogP contribution is -2.55. The third-order valence-corrected chi connectivity index (χ3v) is 4.51. The van der Waals surface area contributed by atoms with Gasteiger partial charge in [0.05, 0.1) is 6.04 Å². The highest BCUT2D eigenvalue weighted by Crippen LogP contribution is 2.09. The second-order valence-corrected chi connectivity index (χ2v) is 8.59. The first-order valence-corrected chi connectivity index (χ1v) is 10.8. The van der Waals surface area contributed by atoms with Crippen molar-refractivity contribution >= 4 is 35.8 Å². The number of aldehydes is 1. The Morgan fingerprint density at radius 3 is 1.78 bits per heavy atom. The molecule has 0 bridgehead atoms. The van der Waals surface area contributed by atoms with Crippen molar-refractivity contribution in [1.29, 1.82) is 0 Å². The van der Waals surface area contributed by atoms with E-state index in [9.17, 15) is 19.2 Å². The molecule has 7 nitrogen and oxygen atoms in total. The molecule has 3 amide bonds. The van der Waals surface area contributed by atoms with Crippen LogP contribution in [-0.4, -0.2) is 54.1 Å². The maximum absolute atomic E-state index is 12.7. The lowest BCUT2D eigenvalue weighted by atomic mass is 10.00. The minimum absolute atomic E-state index is 0.172. The monoisotopic (exact) mass is 401 g/mol. The van der Waals surface area contributed by atoms with Crippen LogP contribution in [0.25, 0.3) is 0 Å². The molecule has 0 aromatic heterocycles. The summed E-state index contributed by atoms with van der Waals surface area (Å²) >= 11 is 1.60. The van der Waals surface area contributed by atoms with E-state index in [1.54, 1.807) is 11.8 Å². The van der Waals surface area contributed by atoms with Gasteiger partial charge in [-0.05, 0) is 43.1 Å². The van der Waals surface area contributed by atoms with E-state index >= 15 is 0 Å². The van der Waals surface area contributed by atoms with Crippen molar-refractivity contribution < 1.29 is 19.2 Å². The molecule has 0 aliphatic heterocycles. The molecule has 0 saturated carbocycles. The number of hydrogen-bond donors (Lipinski definition) is 3. The summed E-state index contributed by atoms with van der Waals surface area (Å²) in [4.78, 5) is 47.9. The molecule has 0 rings (SSSR count). The highest BCUT2D eigenvalue weighted by Gasteiger charge is 2.28. The van der Waals surface area contributed by atoms with Gasteiger partial charge in [0.25, 0.3) is 0 Å². The summed E-state index contributed by atoms with van der Waals surface area (Å²) in [5.74, 6) is 0.0814. The number of hydrogen-bond acceptors (Lipinski definition) is 5. The van der Waals surface area contributed by atoms with E-state index in [2.05, 4.69) is 16.0 Å². The largest absolute Gasteiger partial charge is 0.345 e. The minimum atomic E-state index is -0.752. The number of nitrogens with one attached hydrogen (secondary N) is 3. The predicted octanol–water partition coefficient (Wildman–Crippen LogP) is 1.50. The van der Waals surface area contributed by atoms with Crippen molar-refractivity contribution in [2.24, 2.45) is 11.8 Å². The highest BCUT2D eigenvalue weighted by molar-refractivity contribution is 7.98. The van der Waals surface area contributed by atoms with Crippen molar-refractivity contribution in [3.63, 3.8) is 0 Å². The van der Waals surface area contributed by atoms with Gasteiger partial charge in [0.1, 0.15) is 18.4 Å². The Hall–Kier alpha value is -1.57. The van der Waals surface area contributed by atoms with Crippen LogP contribution in [0, 0.1) is 11.8 Å². The Balaban J connectivity index is 5.14. The highest BCUT2D eigenvalue weighted by atomic mass is 32.2. The lowest BCUT2D eigenvalue weighted by molar-refractivity contribution is -0.133. The second kappa shape index (κ2) is 13.6. The molecular formula is C19H35N3O4S. The van der Waals surface area contributed by atoms with E-state index in [4.69, 9.17) is 0 Å². The molecule has 0 aliphatic carbocycles. The van der Waals surface area contributed by atoms with Gasteiger partial charge in [0.2, 0.25) is 17.7 Å². The third kappa shape index (κ3) is 11.7. The van der Waals surface area contributed by atoms with Gasteiger partial charge in [-0.15, -0.1) is 0 Å². The van der Waals surface area contributed by atoms with Crippen molar-refractivity contribution in [2.45, 2.75) is 72.0 Å². The Bertz CT molecular complexity index is 497. The van der Waals surface area contributed by atoms with Crippen LogP contribution in [-0.2, 0) is 19.2 Å². The normalized spacial score (nSPS) is 14.4. The maximum atomic E-state index is 12.7. The predicted molar refractivity (Wildman–Crippen MR) is 109 cm³/mol. The quantitative estimate of drug-likeness (QED) is 0.406. The molecule has 3 N–H and O–H groups in total. The van der Waals surface area contributed by atoms with E-state index in [-0.39, 0.29) is 29.6 Å². The smallest absolute Gasteiger partial charge is 0.243 e. The van der Waals surface area contributed by atoms with Crippen LogP contribution in [0.1, 0.15) is 53.9 Å². The molecule has 0 aromatic rings. The van der Waals surface area contributed by atoms with Crippen LogP contribution in [0.15, 0.2) is 0 Å². The zero-order valence-electron chi connectivity index (χ0n) is 17.3. The van der Waals surface area contributed by atoms with Crippen LogP contribution in [0.5, 0.6) is 0 Å². The molecule has 0 saturated heterocycles. The van der Waals surface area contributed by atoms with Crippen molar-refractivity contribution in [3.8, 4) is 0 Å². The molecule has 0 aliphatic rings. The second-order valence-electron chi connectivity index (χ2n) is 7.61. The first-order valence-electron chi connectivity index (χ1n) is 9.42. The van der Waals surface area contributed by atoms with Crippen molar-refractivity contribution in [1.82, 2.24) is 16.0 Å². The average molecular weight is 402 g/mol. The van der Waals surface area contributed by atoms with Crippen LogP contribution in [0.3, 0.4) is 0 Å². The Morgan fingerprint density at radius 1 is 0.889 bits per heavy atom. The fraction of sp³-hybridized carbons (Fsp3) is 0.789. The Labute approximate surface area is 167 Å². The van der Waals surface area contributed by atoms with Crippen LogP contribution in [0.4, 0.5) is 0 Å². The minimum Gasteiger partial charge on any atom is -0.345 e. The van der Waals surface area contributed by atoms with Gasteiger partial charge in [0, 0.05) is 6.92 Å². The summed E-state index contributed by atoms with van der Waals surface area (Å²) in [7, 11) is 0. The molecule has 3 atom stereocenters. The number of thioether (sulfide) groups is 1. The maximum Gasteiger partial charge on any atom is 0.243 e. The average Bonchev–Trinajstić information content (AvgIpc) is 2.55. The summed E-state index contributed by atoms with van der Waals surface area (Å²) in [6, 6.07) is -2.01. The van der Waals surface area contributed by atoms with Crippen molar-refractivity contribution in [2.75, 3.05) is 12.0 Å². The summed E-state index contributed by atoms with van der Waals surface area (Å²) < 4.78 is 0. The first-order chi connectivity index (χ1) is 12.6. The molecule has 156 valence electrons. The molecular weight excluding hydrogens is 366 g/mol. The number of rotatable bonds is 13. The van der Waals surface area contributed by atoms with Gasteiger partial charge in [-0.25, -0.2) is 0 Å². The topological polar surface area (TPSA) is 104 Å². The van der Waals surface area contributed by atoms with Crippen molar-refractivity contribution in [3.05, 3.63) is 0 Å². The fourth-order valence-corrected chi connectivity index (χ4v) is 3.12. The number of amides is 3. The van der Waals surface area contributed by atoms with E-state index in [0.717, 1.165) is 12.0 Å². The lowest BCUT2D eigenvalue weighted by Gasteiger charge is -2.25. The number of carbonyl (C=O) groups is 4. The standard InChI is InChI=1S/C19H35N3O4S/c1-12(2)9-16(20-14(5)24)19(26)22-17(10-13(3)4)18(25)21-15(11-23)7-8-27-6/h11-13,15-17H,7-10H2,1-6H3,(H,20,24)(H,21,25)(H,22,26)/t15-,16+,17-/m1/s1. The molecule has 0 radical (unpaired) electrons. The third-order valence-electron chi connectivity index (χ3n) is 3.87. The van der Waals surface area contributed by atoms with E-state index in [0.29, 0.717) is 19.3 Å². The van der Waals surface area contributed by atoms with E-state index < -0.39 is 18.1 Å². The fourth-order valence-electron chi connectivity index (χ4n) is 2.63. The summed E-state index contributed by atoms with van der Waals surface area (Å²) in [5.41, 5.74) is 0. The molecule has 0 aromatic carbocycles. The van der Waals surface area contributed by atoms with Gasteiger partial charge in [-0.1, -0.05) is 27.7 Å². The summed E-state index contributed by atoms with van der Waals surface area (Å²) in [5, 5.41) is 8.11. The van der Waals surface area contributed by atoms with Crippen LogP contribution in [0.2, 0.25) is 0 Å². The van der Waals surface area contributed by atoms with Crippen LogP contribution >= 0.6 is 11.8 Å². The van der Waals surface area contributed by atoms with Gasteiger partial charge >= 0.3 is 0 Å². The Morgan fingerprint density at radius 2 is 1.37 bits per heavy atom. The van der Waals surface area contributed by atoms with E-state index in [1.807, 2.05) is 34.0 Å². The molecule has 27 heavy (non-hydrogen) atoms. The number of carbonyl (C=O) groups excluding carboxylic acids is 4. The summed E-state index contributed by atoms with van der Waals surface area (Å²) in [6.45, 7) is 9.19. The van der Waals surface area contributed by atoms with Gasteiger partial charge in [-0.2, -0.15) is 11.8 Å². The van der Waals surface area contributed by atoms with Crippen LogP contribution < -0.4 is 16.0 Å². The van der Waals surface area contributed by atoms with Gasteiger partial charge in [0.15, 0.2) is 0 Å². The SMILES string of the molecule is CSCC[C@H](C=O)NC(=O)[C@@H](CC(C)C)NC(=O)[C@H](CC(C)C)NC(C)=O. The molecule has 0 fully saturated rings. The van der Waals surface area contributed by atoms with E-state index in [1.165, 1.54) is 6.92 Å². The Kier molecular flexibility index (Phi) is 12.8. The molecule has 0 spiro atoms. The molecule has 0 heterocycles. The summed E-state index contributed by atoms with van der Waals surface area (Å²) in [6.07, 6.45) is 4.12. The molecule has 0 unspecified atom stereocenters. The first kappa shape index (κ1) is 25.4. The zero-order valence-corrected chi connectivity index (χ0v) is 18.2. The molecule has 8 heteroatoms.